The first-order valence-electron chi connectivity index (χ1n) is 6.07. The number of rotatable bonds is 10. The Bertz CT molecular complexity index is 113. The molecule has 0 amide bonds. The summed E-state index contributed by atoms with van der Waals surface area (Å²) in [6.45, 7) is 12.0. The maximum absolute atomic E-state index is 5.44. The van der Waals surface area contributed by atoms with Crippen LogP contribution in [0.1, 0.15) is 40.5 Å². The highest BCUT2D eigenvalue weighted by Crippen LogP contribution is 1.90. The minimum atomic E-state index is 0.351. The Morgan fingerprint density at radius 1 is 0.800 bits per heavy atom. The van der Waals surface area contributed by atoms with Crippen LogP contribution >= 0.6 is 0 Å². The largest absolute Gasteiger partial charge is 0.379 e. The van der Waals surface area contributed by atoms with E-state index in [-0.39, 0.29) is 0 Å². The maximum atomic E-state index is 5.44. The number of nitrogens with one attached hydrogen (secondary N) is 1. The van der Waals surface area contributed by atoms with Crippen LogP contribution in [0.15, 0.2) is 0 Å². The van der Waals surface area contributed by atoms with Gasteiger partial charge in [0.15, 0.2) is 0 Å². The molecule has 0 unspecified atom stereocenters. The van der Waals surface area contributed by atoms with Crippen LogP contribution in [0.2, 0.25) is 0 Å². The van der Waals surface area contributed by atoms with E-state index in [1.165, 1.54) is 0 Å². The van der Waals surface area contributed by atoms with Crippen LogP contribution in [-0.4, -0.2) is 38.5 Å². The second kappa shape index (κ2) is 10.4. The molecule has 0 fully saturated rings. The van der Waals surface area contributed by atoms with Gasteiger partial charge < -0.3 is 14.8 Å². The van der Waals surface area contributed by atoms with Gasteiger partial charge in [0.1, 0.15) is 0 Å². The first kappa shape index (κ1) is 14.9. The van der Waals surface area contributed by atoms with Gasteiger partial charge in [0.2, 0.25) is 0 Å². The van der Waals surface area contributed by atoms with Crippen molar-refractivity contribution >= 4 is 0 Å². The van der Waals surface area contributed by atoms with Gasteiger partial charge in [0.25, 0.3) is 0 Å². The van der Waals surface area contributed by atoms with Crippen LogP contribution in [0.25, 0.3) is 0 Å². The fraction of sp³-hybridized carbons (Fsp3) is 1.00. The van der Waals surface area contributed by atoms with Crippen molar-refractivity contribution in [2.45, 2.75) is 52.7 Å². The average Bonchev–Trinajstić information content (AvgIpc) is 2.14. The summed E-state index contributed by atoms with van der Waals surface area (Å²) in [5, 5.41) is 3.37. The van der Waals surface area contributed by atoms with Gasteiger partial charge in [-0.25, -0.2) is 0 Å². The van der Waals surface area contributed by atoms with Crippen molar-refractivity contribution in [1.29, 1.82) is 0 Å². The van der Waals surface area contributed by atoms with Gasteiger partial charge in [-0.1, -0.05) is 0 Å². The molecule has 0 aliphatic carbocycles. The third-order valence-corrected chi connectivity index (χ3v) is 1.90. The van der Waals surface area contributed by atoms with Crippen molar-refractivity contribution in [3.63, 3.8) is 0 Å². The Morgan fingerprint density at radius 3 is 1.53 bits per heavy atom. The minimum absolute atomic E-state index is 0.351. The maximum Gasteiger partial charge on any atom is 0.0518 e. The van der Waals surface area contributed by atoms with E-state index in [1.807, 2.05) is 0 Å². The van der Waals surface area contributed by atoms with Crippen LogP contribution in [0.5, 0.6) is 0 Å². The molecule has 1 N–H and O–H groups in total. The molecule has 3 heteroatoms. The zero-order valence-electron chi connectivity index (χ0n) is 10.7. The van der Waals surface area contributed by atoms with Crippen molar-refractivity contribution in [3.8, 4) is 0 Å². The summed E-state index contributed by atoms with van der Waals surface area (Å²) < 4.78 is 10.9. The predicted octanol–water partition coefficient (Wildman–Crippen LogP) is 2.21. The lowest BCUT2D eigenvalue weighted by Gasteiger charge is -2.09. The Labute approximate surface area is 94.5 Å². The topological polar surface area (TPSA) is 30.5 Å². The second-order valence-corrected chi connectivity index (χ2v) is 4.30. The SMILES string of the molecule is CC(C)OCCCNCCCOC(C)C. The second-order valence-electron chi connectivity index (χ2n) is 4.30. The van der Waals surface area contributed by atoms with Crippen LogP contribution in [0.3, 0.4) is 0 Å². The van der Waals surface area contributed by atoms with Crippen LogP contribution < -0.4 is 5.32 Å². The summed E-state index contributed by atoms with van der Waals surface area (Å²) in [7, 11) is 0. The van der Waals surface area contributed by atoms with Gasteiger partial charge in [-0.05, 0) is 53.6 Å². The van der Waals surface area contributed by atoms with Gasteiger partial charge in [-0.3, -0.25) is 0 Å². The summed E-state index contributed by atoms with van der Waals surface area (Å²) in [5.74, 6) is 0. The molecule has 0 saturated carbocycles. The molecule has 0 saturated heterocycles. The molecule has 15 heavy (non-hydrogen) atoms. The summed E-state index contributed by atoms with van der Waals surface area (Å²) in [6, 6.07) is 0. The fourth-order valence-corrected chi connectivity index (χ4v) is 1.16. The average molecular weight is 217 g/mol. The molecule has 0 spiro atoms. The van der Waals surface area contributed by atoms with Crippen molar-refractivity contribution < 1.29 is 9.47 Å². The highest BCUT2D eigenvalue weighted by molar-refractivity contribution is 4.49. The summed E-state index contributed by atoms with van der Waals surface area (Å²) in [6.07, 6.45) is 2.88. The molecule has 0 heterocycles. The van der Waals surface area contributed by atoms with Gasteiger partial charge in [-0.15, -0.1) is 0 Å². The van der Waals surface area contributed by atoms with Crippen LogP contribution in [-0.2, 0) is 9.47 Å². The highest BCUT2D eigenvalue weighted by atomic mass is 16.5. The van der Waals surface area contributed by atoms with E-state index in [9.17, 15) is 0 Å². The quantitative estimate of drug-likeness (QED) is 0.569. The zero-order chi connectivity index (χ0) is 11.5. The Kier molecular flexibility index (Phi) is 10.3. The third kappa shape index (κ3) is 13.9. The van der Waals surface area contributed by atoms with Crippen molar-refractivity contribution in [2.75, 3.05) is 26.3 Å². The minimum Gasteiger partial charge on any atom is -0.379 e. The number of ether oxygens (including phenoxy) is 2. The molecular formula is C12H27NO2. The number of hydrogen-bond acceptors (Lipinski definition) is 3. The Balaban J connectivity index is 2.93. The smallest absolute Gasteiger partial charge is 0.0518 e. The molecule has 0 atom stereocenters. The third-order valence-electron chi connectivity index (χ3n) is 1.90. The van der Waals surface area contributed by atoms with E-state index in [4.69, 9.17) is 9.47 Å². The summed E-state index contributed by atoms with van der Waals surface area (Å²) in [5.41, 5.74) is 0. The predicted molar refractivity (Wildman–Crippen MR) is 64.3 cm³/mol. The molecule has 0 rings (SSSR count). The van der Waals surface area contributed by atoms with E-state index in [2.05, 4.69) is 33.0 Å². The van der Waals surface area contributed by atoms with E-state index in [0.29, 0.717) is 12.2 Å². The molecule has 0 aromatic rings. The van der Waals surface area contributed by atoms with Gasteiger partial charge in [0, 0.05) is 13.2 Å². The first-order valence-corrected chi connectivity index (χ1v) is 6.07. The molecular weight excluding hydrogens is 190 g/mol. The molecule has 0 bridgehead atoms. The molecule has 0 aliphatic rings. The van der Waals surface area contributed by atoms with Crippen LogP contribution in [0, 0.1) is 0 Å². The van der Waals surface area contributed by atoms with Crippen molar-refractivity contribution in [2.24, 2.45) is 0 Å². The molecule has 0 aromatic heterocycles. The fourth-order valence-electron chi connectivity index (χ4n) is 1.16. The molecule has 3 nitrogen and oxygen atoms in total. The Morgan fingerprint density at radius 2 is 1.20 bits per heavy atom. The number of hydrogen-bond donors (Lipinski definition) is 1. The lowest BCUT2D eigenvalue weighted by Crippen LogP contribution is -2.20. The lowest BCUT2D eigenvalue weighted by atomic mass is 10.4. The standard InChI is InChI=1S/C12H27NO2/c1-11(2)14-9-5-7-13-8-6-10-15-12(3)4/h11-13H,5-10H2,1-4H3. The van der Waals surface area contributed by atoms with E-state index >= 15 is 0 Å². The van der Waals surface area contributed by atoms with Crippen LogP contribution in [0.4, 0.5) is 0 Å². The van der Waals surface area contributed by atoms with E-state index < -0.39 is 0 Å². The van der Waals surface area contributed by atoms with Gasteiger partial charge >= 0.3 is 0 Å². The highest BCUT2D eigenvalue weighted by Gasteiger charge is 1.94. The van der Waals surface area contributed by atoms with Gasteiger partial charge in [0.05, 0.1) is 12.2 Å². The molecule has 92 valence electrons. The zero-order valence-corrected chi connectivity index (χ0v) is 10.7. The molecule has 0 radical (unpaired) electrons. The van der Waals surface area contributed by atoms with Gasteiger partial charge in [-0.2, -0.15) is 0 Å². The summed E-state index contributed by atoms with van der Waals surface area (Å²) >= 11 is 0. The lowest BCUT2D eigenvalue weighted by molar-refractivity contribution is 0.0739. The normalized spacial score (nSPS) is 11.6. The van der Waals surface area contributed by atoms with Crippen molar-refractivity contribution in [3.05, 3.63) is 0 Å². The monoisotopic (exact) mass is 217 g/mol. The molecule has 0 aromatic carbocycles. The van der Waals surface area contributed by atoms with Crippen molar-refractivity contribution in [1.82, 2.24) is 5.32 Å². The first-order chi connectivity index (χ1) is 7.13. The van der Waals surface area contributed by atoms with E-state index in [0.717, 1.165) is 39.1 Å². The van der Waals surface area contributed by atoms with E-state index in [1.54, 1.807) is 0 Å². The molecule has 0 aliphatic heterocycles. The summed E-state index contributed by atoms with van der Waals surface area (Å²) in [4.78, 5) is 0. The Hall–Kier alpha value is -0.120.